The predicted molar refractivity (Wildman–Crippen MR) is 126 cm³/mol. The summed E-state index contributed by atoms with van der Waals surface area (Å²) in [6, 6.07) is 14.6. The molecule has 0 aliphatic heterocycles. The maximum absolute atomic E-state index is 12.5. The van der Waals surface area contributed by atoms with Gasteiger partial charge in [-0.3, -0.25) is 14.2 Å². The van der Waals surface area contributed by atoms with Gasteiger partial charge in [-0.05, 0) is 42.8 Å². The molecule has 168 valence electrons. The number of aryl methyl sites for hydroxylation is 2. The Labute approximate surface area is 190 Å². The number of pyridine rings is 1. The van der Waals surface area contributed by atoms with Gasteiger partial charge in [0.2, 0.25) is 5.91 Å². The first-order chi connectivity index (χ1) is 16.1. The van der Waals surface area contributed by atoms with Crippen LogP contribution in [0.2, 0.25) is 0 Å². The molecule has 0 fully saturated rings. The number of fused-ring (bicyclic) bond motifs is 1. The molecule has 3 heterocycles. The van der Waals surface area contributed by atoms with E-state index in [1.165, 1.54) is 10.9 Å². The molecule has 10 nitrogen and oxygen atoms in total. The van der Waals surface area contributed by atoms with Gasteiger partial charge in [0.15, 0.2) is 5.82 Å². The summed E-state index contributed by atoms with van der Waals surface area (Å²) >= 11 is 0. The van der Waals surface area contributed by atoms with Crippen LogP contribution in [0.25, 0.3) is 10.9 Å². The smallest absolute Gasteiger partial charge is 0.261 e. The van der Waals surface area contributed by atoms with Gasteiger partial charge in [-0.15, -0.1) is 10.2 Å². The molecule has 0 saturated carbocycles. The molecule has 0 atom stereocenters. The molecule has 1 amide bonds. The lowest BCUT2D eigenvalue weighted by Gasteiger charge is -2.09. The fourth-order valence-corrected chi connectivity index (χ4v) is 3.13. The molecule has 0 unspecified atom stereocenters. The fraction of sp³-hybridized carbons (Fsp3) is 0.217. The molecule has 0 bridgehead atoms. The average molecular weight is 444 g/mol. The van der Waals surface area contributed by atoms with Crippen molar-refractivity contribution in [3.8, 4) is 0 Å². The third-order valence-electron chi connectivity index (χ3n) is 4.90. The Morgan fingerprint density at radius 1 is 0.939 bits per heavy atom. The van der Waals surface area contributed by atoms with Gasteiger partial charge in [-0.1, -0.05) is 18.2 Å². The lowest BCUT2D eigenvalue weighted by molar-refractivity contribution is -0.121. The van der Waals surface area contributed by atoms with Crippen molar-refractivity contribution in [1.29, 1.82) is 0 Å². The number of nitrogens with zero attached hydrogens (tertiary/aromatic N) is 5. The number of carbonyl (C=O) groups excluding carboxylic acids is 1. The summed E-state index contributed by atoms with van der Waals surface area (Å²) in [5.41, 5.74) is 1.58. The van der Waals surface area contributed by atoms with Crippen LogP contribution < -0.4 is 21.5 Å². The van der Waals surface area contributed by atoms with Crippen LogP contribution in [-0.2, 0) is 11.3 Å². The van der Waals surface area contributed by atoms with Gasteiger partial charge in [0.25, 0.3) is 5.56 Å². The van der Waals surface area contributed by atoms with Crippen molar-refractivity contribution in [3.63, 3.8) is 0 Å². The molecule has 10 heteroatoms. The molecule has 0 spiro atoms. The van der Waals surface area contributed by atoms with Gasteiger partial charge in [-0.25, -0.2) is 9.97 Å². The number of hydrogen-bond acceptors (Lipinski definition) is 8. The van der Waals surface area contributed by atoms with Crippen LogP contribution in [0.15, 0.2) is 65.8 Å². The average Bonchev–Trinajstić information content (AvgIpc) is 2.84. The van der Waals surface area contributed by atoms with E-state index in [-0.39, 0.29) is 24.4 Å². The van der Waals surface area contributed by atoms with Crippen molar-refractivity contribution in [3.05, 3.63) is 77.0 Å². The second kappa shape index (κ2) is 10.3. The van der Waals surface area contributed by atoms with E-state index in [0.29, 0.717) is 41.4 Å². The first-order valence-electron chi connectivity index (χ1n) is 10.6. The second-order valence-corrected chi connectivity index (χ2v) is 7.44. The second-order valence-electron chi connectivity index (χ2n) is 7.44. The summed E-state index contributed by atoms with van der Waals surface area (Å²) < 4.78 is 1.46. The Kier molecular flexibility index (Phi) is 6.84. The number of aromatic nitrogens is 5. The molecule has 3 aromatic heterocycles. The molecular weight excluding hydrogens is 420 g/mol. The maximum atomic E-state index is 12.5. The number of anilines is 3. The number of benzene rings is 1. The van der Waals surface area contributed by atoms with Crippen molar-refractivity contribution in [2.75, 3.05) is 23.7 Å². The first-order valence-corrected chi connectivity index (χ1v) is 10.6. The summed E-state index contributed by atoms with van der Waals surface area (Å²) in [5.74, 6) is 1.73. The molecule has 0 aliphatic carbocycles. The third kappa shape index (κ3) is 5.88. The van der Waals surface area contributed by atoms with Crippen LogP contribution in [0.3, 0.4) is 0 Å². The summed E-state index contributed by atoms with van der Waals surface area (Å²) in [5, 5.41) is 17.8. The van der Waals surface area contributed by atoms with E-state index in [1.54, 1.807) is 36.5 Å². The Bertz CT molecular complexity index is 1290. The van der Waals surface area contributed by atoms with Gasteiger partial charge in [0, 0.05) is 32.3 Å². The maximum Gasteiger partial charge on any atom is 0.261 e. The Hall–Kier alpha value is -4.34. The van der Waals surface area contributed by atoms with Crippen LogP contribution in [0.5, 0.6) is 0 Å². The van der Waals surface area contributed by atoms with E-state index in [4.69, 9.17) is 0 Å². The Morgan fingerprint density at radius 3 is 2.52 bits per heavy atom. The molecular formula is C23H24N8O2. The van der Waals surface area contributed by atoms with Gasteiger partial charge >= 0.3 is 0 Å². The number of nitrogens with one attached hydrogen (secondary N) is 3. The van der Waals surface area contributed by atoms with Crippen molar-refractivity contribution in [2.24, 2.45) is 0 Å². The van der Waals surface area contributed by atoms with Crippen molar-refractivity contribution in [1.82, 2.24) is 30.0 Å². The van der Waals surface area contributed by atoms with Crippen LogP contribution in [0.1, 0.15) is 12.0 Å². The summed E-state index contributed by atoms with van der Waals surface area (Å²) in [6.07, 6.45) is 3.44. The minimum absolute atomic E-state index is 0.145. The predicted octanol–water partition coefficient (Wildman–Crippen LogP) is 2.25. The quantitative estimate of drug-likeness (QED) is 0.336. The highest BCUT2D eigenvalue weighted by molar-refractivity contribution is 5.77. The van der Waals surface area contributed by atoms with Crippen LogP contribution >= 0.6 is 0 Å². The lowest BCUT2D eigenvalue weighted by atomic mass is 10.2. The summed E-state index contributed by atoms with van der Waals surface area (Å²) in [4.78, 5) is 33.1. The molecule has 1 aromatic carbocycles. The highest BCUT2D eigenvalue weighted by Crippen LogP contribution is 2.12. The van der Waals surface area contributed by atoms with Crippen LogP contribution in [0.4, 0.5) is 17.5 Å². The van der Waals surface area contributed by atoms with E-state index < -0.39 is 0 Å². The first kappa shape index (κ1) is 21.9. The van der Waals surface area contributed by atoms with E-state index in [2.05, 4.69) is 36.1 Å². The van der Waals surface area contributed by atoms with E-state index in [9.17, 15) is 9.59 Å². The zero-order valence-electron chi connectivity index (χ0n) is 18.2. The number of para-hydroxylation sites is 1. The van der Waals surface area contributed by atoms with Crippen molar-refractivity contribution >= 4 is 34.3 Å². The highest BCUT2D eigenvalue weighted by Gasteiger charge is 2.06. The molecule has 33 heavy (non-hydrogen) atoms. The minimum Gasteiger partial charge on any atom is -0.367 e. The zero-order chi connectivity index (χ0) is 23.0. The number of rotatable bonds is 9. The molecule has 0 saturated heterocycles. The van der Waals surface area contributed by atoms with Crippen LogP contribution in [-0.4, -0.2) is 43.7 Å². The van der Waals surface area contributed by atoms with Gasteiger partial charge in [0.05, 0.1) is 17.2 Å². The van der Waals surface area contributed by atoms with E-state index >= 15 is 0 Å². The fourth-order valence-electron chi connectivity index (χ4n) is 3.13. The summed E-state index contributed by atoms with van der Waals surface area (Å²) in [7, 11) is 0. The summed E-state index contributed by atoms with van der Waals surface area (Å²) in [6.45, 7) is 3.15. The SMILES string of the molecule is Cc1ccc(Nc2ccc(NCCNC(=O)CCn3cnc4ccccc4c3=O)nn2)nc1. The minimum atomic E-state index is -0.148. The van der Waals surface area contributed by atoms with Crippen LogP contribution in [0, 0.1) is 6.92 Å². The topological polar surface area (TPSA) is 127 Å². The normalized spacial score (nSPS) is 10.7. The van der Waals surface area contributed by atoms with Gasteiger partial charge in [0.1, 0.15) is 11.6 Å². The number of hydrogen-bond donors (Lipinski definition) is 3. The molecule has 4 aromatic rings. The third-order valence-corrected chi connectivity index (χ3v) is 4.90. The number of amides is 1. The standard InChI is InChI=1S/C23H24N8O2/c1-16-6-7-19(26-14-16)28-21-9-8-20(29-30-21)24-11-12-25-22(32)10-13-31-15-27-18-5-3-2-4-17(18)23(31)33/h2-9,14-15H,10-13H2,1H3,(H,24,29)(H,25,32)(H,26,28,30). The molecule has 0 radical (unpaired) electrons. The van der Waals surface area contributed by atoms with Crippen molar-refractivity contribution in [2.45, 2.75) is 19.9 Å². The Balaban J connectivity index is 1.18. The highest BCUT2D eigenvalue weighted by atomic mass is 16.1. The lowest BCUT2D eigenvalue weighted by Crippen LogP contribution is -2.31. The van der Waals surface area contributed by atoms with Gasteiger partial charge < -0.3 is 16.0 Å². The van der Waals surface area contributed by atoms with Crippen molar-refractivity contribution < 1.29 is 4.79 Å². The monoisotopic (exact) mass is 444 g/mol. The largest absolute Gasteiger partial charge is 0.367 e. The molecule has 3 N–H and O–H groups in total. The van der Waals surface area contributed by atoms with E-state index in [1.807, 2.05) is 25.1 Å². The Morgan fingerprint density at radius 2 is 1.73 bits per heavy atom. The molecule has 4 rings (SSSR count). The number of carbonyl (C=O) groups is 1. The van der Waals surface area contributed by atoms with Gasteiger partial charge in [-0.2, -0.15) is 0 Å². The van der Waals surface area contributed by atoms with E-state index in [0.717, 1.165) is 5.56 Å². The molecule has 0 aliphatic rings. The zero-order valence-corrected chi connectivity index (χ0v) is 18.2.